The van der Waals surface area contributed by atoms with E-state index in [4.69, 9.17) is 53.0 Å². The fourth-order valence-corrected chi connectivity index (χ4v) is 2.53. The zero-order valence-electron chi connectivity index (χ0n) is 12.6. The summed E-state index contributed by atoms with van der Waals surface area (Å²) in [6, 6.07) is 0. The van der Waals surface area contributed by atoms with Gasteiger partial charge in [0.05, 0.1) is 10.8 Å². The van der Waals surface area contributed by atoms with Gasteiger partial charge in [-0.25, -0.2) is 0 Å². The van der Waals surface area contributed by atoms with E-state index in [2.05, 4.69) is 36.4 Å². The predicted molar refractivity (Wildman–Crippen MR) is 114 cm³/mol. The van der Waals surface area contributed by atoms with Crippen LogP contribution >= 0.6 is 76.5 Å². The van der Waals surface area contributed by atoms with Crippen LogP contribution in [0, 0.1) is 5.92 Å². The van der Waals surface area contributed by atoms with Crippen LogP contribution in [0.5, 0.6) is 0 Å². The SMILES string of the molecule is CS/C=C(\SC)C(=[N+]=C(C)C)C(C)C.[Cl][Sb-]([Cl])([Cl])([Cl])([Cl])[Cl]. The van der Waals surface area contributed by atoms with E-state index in [0.717, 1.165) is 5.71 Å². The van der Waals surface area contributed by atoms with Crippen LogP contribution in [0.3, 0.4) is 0 Å². The molecule has 0 spiro atoms. The van der Waals surface area contributed by atoms with Gasteiger partial charge in [0, 0.05) is 13.8 Å². The molecular weight excluding hydrogens is 545 g/mol. The Morgan fingerprint density at radius 3 is 1.57 bits per heavy atom. The molecule has 0 fully saturated rings. The second-order valence-corrected chi connectivity index (χ2v) is 62.9. The van der Waals surface area contributed by atoms with E-state index < -0.39 is 9.14 Å². The molecule has 0 bridgehead atoms. The van der Waals surface area contributed by atoms with Gasteiger partial charge in [-0.3, -0.25) is 0 Å². The van der Waals surface area contributed by atoms with Crippen LogP contribution in [0.25, 0.3) is 0 Å². The van der Waals surface area contributed by atoms with E-state index in [1.807, 2.05) is 13.8 Å². The van der Waals surface area contributed by atoms with E-state index >= 15 is 0 Å². The van der Waals surface area contributed by atoms with E-state index in [1.54, 1.807) is 23.5 Å². The van der Waals surface area contributed by atoms with Crippen LogP contribution in [0.1, 0.15) is 27.7 Å². The number of halogens is 6. The van der Waals surface area contributed by atoms with Gasteiger partial charge in [0.1, 0.15) is 0 Å². The molecule has 10 heteroatoms. The summed E-state index contributed by atoms with van der Waals surface area (Å²) in [5.41, 5.74) is 2.32. The molecule has 1 nitrogen and oxygen atoms in total. The van der Waals surface area contributed by atoms with Crippen LogP contribution < -0.4 is 4.67 Å². The van der Waals surface area contributed by atoms with Crippen molar-refractivity contribution in [3.63, 3.8) is 0 Å². The number of thioether (sulfide) groups is 2. The second-order valence-electron chi connectivity index (χ2n) is 4.48. The van der Waals surface area contributed by atoms with E-state index in [-0.39, 0.29) is 0 Å². The zero-order valence-corrected chi connectivity index (χ0v) is 21.4. The van der Waals surface area contributed by atoms with Crippen LogP contribution in [-0.2, 0) is 0 Å². The molecule has 0 aromatic heterocycles. The van der Waals surface area contributed by atoms with Gasteiger partial charge in [-0.15, -0.1) is 23.5 Å². The van der Waals surface area contributed by atoms with Crippen molar-refractivity contribution in [2.24, 2.45) is 5.92 Å². The van der Waals surface area contributed by atoms with Crippen LogP contribution in [-0.4, -0.2) is 33.1 Å². The van der Waals surface area contributed by atoms with Crippen LogP contribution in [0.15, 0.2) is 10.3 Å². The monoisotopic (exact) mass is 561 g/mol. The van der Waals surface area contributed by atoms with Crippen molar-refractivity contribution < 1.29 is 0 Å². The van der Waals surface area contributed by atoms with Gasteiger partial charge in [0.15, 0.2) is 0 Å². The molecule has 0 aliphatic heterocycles. The van der Waals surface area contributed by atoms with Crippen molar-refractivity contribution in [1.82, 2.24) is 4.67 Å². The normalized spacial score (nSPS) is 15.4. The van der Waals surface area contributed by atoms with E-state index in [0.29, 0.717) is 5.92 Å². The third-order valence-electron chi connectivity index (χ3n) is 1.59. The molecule has 0 N–H and O–H groups in total. The Kier molecular flexibility index (Phi) is 11.3. The van der Waals surface area contributed by atoms with Gasteiger partial charge in [0.2, 0.25) is 0 Å². The number of hydrogen-bond acceptors (Lipinski definition) is 2. The fourth-order valence-electron chi connectivity index (χ4n) is 1.03. The first-order valence-corrected chi connectivity index (χ1v) is 27.6. The minimum atomic E-state index is -5.42. The summed E-state index contributed by atoms with van der Waals surface area (Å²) in [7, 11) is 25.0. The van der Waals surface area contributed by atoms with Crippen molar-refractivity contribution in [2.45, 2.75) is 27.7 Å². The Morgan fingerprint density at radius 2 is 1.38 bits per heavy atom. The minimum absolute atomic E-state index is 0.482. The summed E-state index contributed by atoms with van der Waals surface area (Å²) >= 11 is 3.50. The quantitative estimate of drug-likeness (QED) is 0.208. The average Bonchev–Trinajstić information content (AvgIpc) is 2.17. The number of nitrogens with zero attached hydrogens (tertiary/aromatic N) is 1. The molecule has 0 amide bonds. The predicted octanol–water partition coefficient (Wildman–Crippen LogP) is 6.96. The number of rotatable bonds is 4. The van der Waals surface area contributed by atoms with Gasteiger partial charge in [-0.1, -0.05) is 18.5 Å². The zero-order chi connectivity index (χ0) is 17.5. The Labute approximate surface area is 156 Å². The molecule has 0 saturated heterocycles. The summed E-state index contributed by atoms with van der Waals surface area (Å²) in [5.74, 6) is 0.482. The first-order valence-electron chi connectivity index (χ1n) is 5.70. The Balaban J connectivity index is 0. The molecule has 0 aliphatic carbocycles. The van der Waals surface area contributed by atoms with E-state index in [1.165, 1.54) is 10.6 Å². The van der Waals surface area contributed by atoms with Crippen molar-refractivity contribution in [1.29, 1.82) is 0 Å². The first kappa shape index (κ1) is 25.7. The van der Waals surface area contributed by atoms with Crippen molar-refractivity contribution >= 4 is 97.1 Å². The number of allylic oxidation sites excluding steroid dienone is 1. The molecule has 0 rings (SSSR count). The summed E-state index contributed by atoms with van der Waals surface area (Å²) in [6.45, 7) is 8.46. The molecule has 0 heterocycles. The van der Waals surface area contributed by atoms with Gasteiger partial charge in [-0.2, -0.15) is 0 Å². The van der Waals surface area contributed by atoms with Gasteiger partial charge in [-0.05, 0) is 17.9 Å². The second kappa shape index (κ2) is 9.23. The molecule has 0 saturated carbocycles. The summed E-state index contributed by atoms with van der Waals surface area (Å²) < 4.78 is 4.60. The molecule has 21 heavy (non-hydrogen) atoms. The third-order valence-corrected chi connectivity index (χ3v) is 2.98. The Bertz CT molecular complexity index is 431. The molecular formula is C11H20Cl6NS2Sb. The van der Waals surface area contributed by atoms with Gasteiger partial charge < -0.3 is 0 Å². The fraction of sp³-hybridized carbons (Fsp3) is 0.636. The summed E-state index contributed by atoms with van der Waals surface area (Å²) in [4.78, 5) is 1.29. The first-order chi connectivity index (χ1) is 8.97. The molecule has 0 unspecified atom stereocenters. The Morgan fingerprint density at radius 1 is 1.00 bits per heavy atom. The maximum absolute atomic E-state index is 5.42. The van der Waals surface area contributed by atoms with Crippen molar-refractivity contribution in [2.75, 3.05) is 12.5 Å². The van der Waals surface area contributed by atoms with Gasteiger partial charge >= 0.3 is 67.8 Å². The van der Waals surface area contributed by atoms with Crippen LogP contribution in [0.2, 0.25) is 0 Å². The van der Waals surface area contributed by atoms with Crippen molar-refractivity contribution in [3.8, 4) is 0 Å². The molecule has 0 atom stereocenters. The molecule has 128 valence electrons. The maximum atomic E-state index is 5.06. The van der Waals surface area contributed by atoms with Crippen LogP contribution in [0.4, 0.5) is 0 Å². The number of hydrogen-bond donors (Lipinski definition) is 0. The standard InChI is InChI=1S/C11H20NS2.6ClH.Sb/c1-8(2)11(12-9(3)4)10(14-6)7-13-5;;;;;;;/h7-8H,1-6H3;6*1H;/q+1;;;;;;;+5/p-6/b10-7-;;;;;;;. The Hall–Kier alpha value is 2.45. The third kappa shape index (κ3) is 24.8. The summed E-state index contributed by atoms with van der Waals surface area (Å²) in [6.07, 6.45) is 4.18. The molecule has 0 aromatic rings. The molecule has 0 radical (unpaired) electrons. The average molecular weight is 565 g/mol. The molecule has 0 aliphatic rings. The summed E-state index contributed by atoms with van der Waals surface area (Å²) in [5, 5.41) is 2.17. The van der Waals surface area contributed by atoms with Crippen molar-refractivity contribution in [3.05, 3.63) is 10.3 Å². The van der Waals surface area contributed by atoms with E-state index in [9.17, 15) is 0 Å². The molecule has 0 aromatic carbocycles. The van der Waals surface area contributed by atoms with Gasteiger partial charge in [0.25, 0.3) is 5.71 Å². The topological polar surface area (TPSA) is 14.1 Å².